The molecule has 0 saturated heterocycles. The van der Waals surface area contributed by atoms with Crippen LogP contribution in [-0.2, 0) is 4.79 Å². The number of allylic oxidation sites excluding steroid dienone is 4. The Bertz CT molecular complexity index is 307. The third-order valence-electron chi connectivity index (χ3n) is 3.80. The standard InChI is InChI=1S/C14H22O/c1-6-7-12(15)13-10(2)8-9-11(3)14(13,4)5/h6-7,9-10,13H,8H2,1-5H3/t10-,13-/m1/s1. The van der Waals surface area contributed by atoms with Gasteiger partial charge >= 0.3 is 0 Å². The number of carbonyl (C=O) groups is 1. The van der Waals surface area contributed by atoms with Gasteiger partial charge in [0, 0.05) is 5.92 Å². The fourth-order valence-electron chi connectivity index (χ4n) is 2.62. The SMILES string of the molecule is CC=CC(=O)[C@H]1[C@H](C)CC=C(C)C1(C)C. The molecule has 0 amide bonds. The molecule has 2 atom stereocenters. The zero-order valence-electron chi connectivity index (χ0n) is 10.5. The predicted octanol–water partition coefficient (Wildman–Crippen LogP) is 3.76. The maximum atomic E-state index is 12.1. The first-order valence-corrected chi connectivity index (χ1v) is 5.75. The molecule has 0 unspecified atom stereocenters. The first-order valence-electron chi connectivity index (χ1n) is 5.75. The van der Waals surface area contributed by atoms with Gasteiger partial charge in [0.2, 0.25) is 0 Å². The maximum absolute atomic E-state index is 12.1. The van der Waals surface area contributed by atoms with Crippen LogP contribution in [0, 0.1) is 17.3 Å². The first kappa shape index (κ1) is 12.2. The van der Waals surface area contributed by atoms with E-state index in [-0.39, 0.29) is 17.1 Å². The molecule has 15 heavy (non-hydrogen) atoms. The van der Waals surface area contributed by atoms with Crippen LogP contribution in [-0.4, -0.2) is 5.78 Å². The molecule has 1 aliphatic rings. The molecule has 0 aromatic carbocycles. The normalized spacial score (nSPS) is 30.3. The molecule has 0 heterocycles. The van der Waals surface area contributed by atoms with Crippen molar-refractivity contribution < 1.29 is 4.79 Å². The fourth-order valence-corrected chi connectivity index (χ4v) is 2.62. The van der Waals surface area contributed by atoms with Crippen LogP contribution in [0.3, 0.4) is 0 Å². The summed E-state index contributed by atoms with van der Waals surface area (Å²) >= 11 is 0. The minimum Gasteiger partial charge on any atom is -0.295 e. The molecule has 1 heteroatoms. The average molecular weight is 206 g/mol. The van der Waals surface area contributed by atoms with Gasteiger partial charge in [0.05, 0.1) is 0 Å². The molecule has 0 aliphatic heterocycles. The number of ketones is 1. The van der Waals surface area contributed by atoms with E-state index in [1.54, 1.807) is 6.08 Å². The van der Waals surface area contributed by atoms with Gasteiger partial charge in [-0.2, -0.15) is 0 Å². The fraction of sp³-hybridized carbons (Fsp3) is 0.643. The lowest BCUT2D eigenvalue weighted by atomic mass is 9.62. The van der Waals surface area contributed by atoms with Crippen LogP contribution in [0.2, 0.25) is 0 Å². The van der Waals surface area contributed by atoms with Gasteiger partial charge in [-0.1, -0.05) is 38.5 Å². The highest BCUT2D eigenvalue weighted by Gasteiger charge is 2.40. The summed E-state index contributed by atoms with van der Waals surface area (Å²) in [5.41, 5.74) is 1.36. The van der Waals surface area contributed by atoms with E-state index in [0.29, 0.717) is 5.92 Å². The van der Waals surface area contributed by atoms with E-state index in [4.69, 9.17) is 0 Å². The quantitative estimate of drug-likeness (QED) is 0.496. The van der Waals surface area contributed by atoms with Crippen molar-refractivity contribution in [3.8, 4) is 0 Å². The Kier molecular flexibility index (Phi) is 3.54. The Labute approximate surface area is 93.3 Å². The van der Waals surface area contributed by atoms with Crippen LogP contribution in [0.15, 0.2) is 23.8 Å². The lowest BCUT2D eigenvalue weighted by molar-refractivity contribution is -0.123. The second-order valence-corrected chi connectivity index (χ2v) is 5.20. The van der Waals surface area contributed by atoms with E-state index in [2.05, 4.69) is 33.8 Å². The molecule has 0 radical (unpaired) electrons. The molecule has 0 saturated carbocycles. The van der Waals surface area contributed by atoms with E-state index in [1.807, 2.05) is 13.0 Å². The lowest BCUT2D eigenvalue weighted by Gasteiger charge is -2.41. The van der Waals surface area contributed by atoms with Crippen molar-refractivity contribution >= 4 is 5.78 Å². The minimum absolute atomic E-state index is 0.00819. The van der Waals surface area contributed by atoms with Gasteiger partial charge in [-0.25, -0.2) is 0 Å². The third-order valence-corrected chi connectivity index (χ3v) is 3.80. The van der Waals surface area contributed by atoms with E-state index in [9.17, 15) is 4.79 Å². The van der Waals surface area contributed by atoms with Crippen molar-refractivity contribution in [1.29, 1.82) is 0 Å². The lowest BCUT2D eigenvalue weighted by Crippen LogP contribution is -2.38. The number of hydrogen-bond acceptors (Lipinski definition) is 1. The molecule has 1 aliphatic carbocycles. The Morgan fingerprint density at radius 2 is 2.13 bits per heavy atom. The summed E-state index contributed by atoms with van der Waals surface area (Å²) in [6, 6.07) is 0. The molecule has 0 aromatic heterocycles. The molecule has 1 rings (SSSR count). The molecule has 0 N–H and O–H groups in total. The van der Waals surface area contributed by atoms with Gasteiger partial charge < -0.3 is 0 Å². The summed E-state index contributed by atoms with van der Waals surface area (Å²) in [6.07, 6.45) is 6.88. The van der Waals surface area contributed by atoms with Crippen molar-refractivity contribution in [1.82, 2.24) is 0 Å². The second-order valence-electron chi connectivity index (χ2n) is 5.20. The molecule has 0 fully saturated rings. The summed E-state index contributed by atoms with van der Waals surface area (Å²) in [5, 5.41) is 0. The second kappa shape index (κ2) is 4.34. The molecule has 84 valence electrons. The van der Waals surface area contributed by atoms with Crippen LogP contribution in [0.5, 0.6) is 0 Å². The van der Waals surface area contributed by atoms with E-state index in [0.717, 1.165) is 6.42 Å². The largest absolute Gasteiger partial charge is 0.295 e. The molecule has 0 spiro atoms. The van der Waals surface area contributed by atoms with Crippen molar-refractivity contribution in [2.24, 2.45) is 17.3 Å². The Balaban J connectivity index is 3.05. The summed E-state index contributed by atoms with van der Waals surface area (Å²) in [5.74, 6) is 0.869. The van der Waals surface area contributed by atoms with Crippen LogP contribution >= 0.6 is 0 Å². The first-order chi connectivity index (χ1) is 6.91. The summed E-state index contributed by atoms with van der Waals surface area (Å²) in [4.78, 5) is 12.1. The molecule has 0 bridgehead atoms. The topological polar surface area (TPSA) is 17.1 Å². The van der Waals surface area contributed by atoms with Crippen molar-refractivity contribution in [3.63, 3.8) is 0 Å². The van der Waals surface area contributed by atoms with Crippen molar-refractivity contribution in [2.45, 2.75) is 41.0 Å². The van der Waals surface area contributed by atoms with Crippen LogP contribution in [0.4, 0.5) is 0 Å². The van der Waals surface area contributed by atoms with Crippen LogP contribution in [0.1, 0.15) is 41.0 Å². The van der Waals surface area contributed by atoms with Gasteiger partial charge in [0.15, 0.2) is 5.78 Å². The average Bonchev–Trinajstić information content (AvgIpc) is 2.12. The zero-order chi connectivity index (χ0) is 11.6. The molecule has 0 aromatic rings. The molecular weight excluding hydrogens is 184 g/mol. The molecular formula is C14H22O. The summed E-state index contributed by atoms with van der Waals surface area (Å²) in [7, 11) is 0. The Morgan fingerprint density at radius 3 is 2.67 bits per heavy atom. The highest BCUT2D eigenvalue weighted by molar-refractivity contribution is 5.92. The molecule has 1 nitrogen and oxygen atoms in total. The highest BCUT2D eigenvalue weighted by atomic mass is 16.1. The maximum Gasteiger partial charge on any atom is 0.159 e. The van der Waals surface area contributed by atoms with E-state index in [1.165, 1.54) is 5.57 Å². The van der Waals surface area contributed by atoms with Gasteiger partial charge in [-0.05, 0) is 37.7 Å². The van der Waals surface area contributed by atoms with Crippen molar-refractivity contribution in [2.75, 3.05) is 0 Å². The number of rotatable bonds is 2. The number of hydrogen-bond donors (Lipinski definition) is 0. The van der Waals surface area contributed by atoms with Crippen molar-refractivity contribution in [3.05, 3.63) is 23.8 Å². The van der Waals surface area contributed by atoms with Gasteiger partial charge in [0.1, 0.15) is 0 Å². The van der Waals surface area contributed by atoms with E-state index < -0.39 is 0 Å². The minimum atomic E-state index is 0.00819. The van der Waals surface area contributed by atoms with Gasteiger partial charge in [-0.15, -0.1) is 0 Å². The smallest absolute Gasteiger partial charge is 0.159 e. The third kappa shape index (κ3) is 2.22. The highest BCUT2D eigenvalue weighted by Crippen LogP contribution is 2.44. The monoisotopic (exact) mass is 206 g/mol. The summed E-state index contributed by atoms with van der Waals surface area (Å²) < 4.78 is 0. The predicted molar refractivity (Wildman–Crippen MR) is 64.6 cm³/mol. The van der Waals surface area contributed by atoms with Gasteiger partial charge in [0.25, 0.3) is 0 Å². The van der Waals surface area contributed by atoms with Gasteiger partial charge in [-0.3, -0.25) is 4.79 Å². The number of carbonyl (C=O) groups excluding carboxylic acids is 1. The van der Waals surface area contributed by atoms with Crippen LogP contribution < -0.4 is 0 Å². The van der Waals surface area contributed by atoms with E-state index >= 15 is 0 Å². The Hall–Kier alpha value is -0.850. The zero-order valence-corrected chi connectivity index (χ0v) is 10.5. The summed E-state index contributed by atoms with van der Waals surface area (Å²) in [6.45, 7) is 10.6. The Morgan fingerprint density at radius 1 is 1.53 bits per heavy atom. The van der Waals surface area contributed by atoms with Crippen LogP contribution in [0.25, 0.3) is 0 Å².